The van der Waals surface area contributed by atoms with Gasteiger partial charge in [-0.3, -0.25) is 0 Å². The maximum Gasteiger partial charge on any atom is 0.152 e. The highest BCUT2D eigenvalue weighted by Gasteiger charge is 2.31. The number of fused-ring (bicyclic) bond motifs is 10. The molecule has 0 bridgehead atoms. The highest BCUT2D eigenvalue weighted by atomic mass is 32.1. The maximum atomic E-state index is 6.71. The Hall–Kier alpha value is -7.12. The summed E-state index contributed by atoms with van der Waals surface area (Å²) in [5.41, 5.74) is 6.39. The Morgan fingerprint density at radius 3 is 1.22 bits per heavy atom. The van der Waals surface area contributed by atoms with E-state index in [0.717, 1.165) is 57.1 Å². The van der Waals surface area contributed by atoms with Crippen LogP contribution in [0.3, 0.4) is 0 Å². The van der Waals surface area contributed by atoms with Crippen LogP contribution in [0.25, 0.3) is 72.7 Å². The Kier molecular flexibility index (Phi) is 6.02. The van der Waals surface area contributed by atoms with Gasteiger partial charge in [-0.15, -0.1) is 22.7 Å². The second-order valence-electron chi connectivity index (χ2n) is 15.2. The van der Waals surface area contributed by atoms with Gasteiger partial charge in [0.2, 0.25) is 0 Å². The smallest absolute Gasteiger partial charge is 0.152 e. The summed E-state index contributed by atoms with van der Waals surface area (Å²) in [5, 5.41) is 12.3. The fourth-order valence-corrected chi connectivity index (χ4v) is 11.9. The first-order valence-electron chi connectivity index (χ1n) is 19.5. The van der Waals surface area contributed by atoms with Crippen molar-refractivity contribution in [2.45, 2.75) is 0 Å². The number of anilines is 6. The number of benzene rings is 10. The number of rotatable bonds is 2. The van der Waals surface area contributed by atoms with Crippen molar-refractivity contribution in [3.63, 3.8) is 0 Å². The van der Waals surface area contributed by atoms with Gasteiger partial charge in [0.15, 0.2) is 23.0 Å². The predicted octanol–water partition coefficient (Wildman–Crippen LogP) is 16.5. The standard InChI is InChI=1S/C52H28N2O2S2/c1-7-15-47-31(9-1)35-25-45-41(27-49(35)57-47)53(39-11-3-5-13-43(39)55-45)37-23-19-29-18-22-34-38(24-20-30-17-21-33(37)51(29)52(30)34)54-40-12-4-6-14-44(40)56-46-26-36-32-10-2-8-16-48(32)58-50(36)28-42(46)54/h1-28H. The van der Waals surface area contributed by atoms with Crippen molar-refractivity contribution in [3.05, 3.63) is 170 Å². The summed E-state index contributed by atoms with van der Waals surface area (Å²) in [6.07, 6.45) is 0. The minimum absolute atomic E-state index is 0.847. The number of ether oxygens (including phenoxy) is 2. The van der Waals surface area contributed by atoms with Crippen molar-refractivity contribution < 1.29 is 9.47 Å². The lowest BCUT2D eigenvalue weighted by atomic mass is 9.91. The Labute approximate surface area is 339 Å². The molecule has 4 nitrogen and oxygen atoms in total. The van der Waals surface area contributed by atoms with E-state index in [1.807, 2.05) is 22.7 Å². The SMILES string of the molecule is c1ccc2c(c1)Oc1cc3c(cc1N2c1ccc2ccc4c(N5c6ccccc6Oc6cc7c(cc65)sc5ccccc57)ccc5ccc1c2c54)sc1ccccc13. The normalized spacial score (nSPS) is 13.4. The van der Waals surface area contributed by atoms with Crippen molar-refractivity contribution in [3.8, 4) is 23.0 Å². The predicted molar refractivity (Wildman–Crippen MR) is 245 cm³/mol. The third-order valence-electron chi connectivity index (χ3n) is 12.2. The molecule has 0 radical (unpaired) electrons. The van der Waals surface area contributed by atoms with E-state index in [4.69, 9.17) is 9.47 Å². The van der Waals surface area contributed by atoms with E-state index in [9.17, 15) is 0 Å². The molecule has 0 N–H and O–H groups in total. The van der Waals surface area contributed by atoms with E-state index >= 15 is 0 Å². The highest BCUT2D eigenvalue weighted by molar-refractivity contribution is 7.26. The molecule has 6 heteroatoms. The van der Waals surface area contributed by atoms with Crippen molar-refractivity contribution in [2.75, 3.05) is 9.80 Å². The molecule has 14 rings (SSSR count). The summed E-state index contributed by atoms with van der Waals surface area (Å²) >= 11 is 3.67. The molecule has 0 aliphatic carbocycles. The molecule has 12 aromatic rings. The summed E-state index contributed by atoms with van der Waals surface area (Å²) < 4.78 is 18.5. The van der Waals surface area contributed by atoms with Crippen LogP contribution in [-0.2, 0) is 0 Å². The molecular weight excluding hydrogens is 749 g/mol. The number of hydrogen-bond acceptors (Lipinski definition) is 6. The quantitative estimate of drug-likeness (QED) is 0.163. The Morgan fingerprint density at radius 1 is 0.293 bits per heavy atom. The lowest BCUT2D eigenvalue weighted by Gasteiger charge is -2.35. The van der Waals surface area contributed by atoms with Gasteiger partial charge in [-0.05, 0) is 94.3 Å². The van der Waals surface area contributed by atoms with Crippen molar-refractivity contribution >= 4 is 129 Å². The molecule has 0 fully saturated rings. The Bertz CT molecular complexity index is 3490. The molecule has 0 unspecified atom stereocenters. The molecular formula is C52H28N2O2S2. The minimum Gasteiger partial charge on any atom is -0.453 e. The van der Waals surface area contributed by atoms with Gasteiger partial charge in [-0.1, -0.05) is 97.1 Å². The van der Waals surface area contributed by atoms with Crippen LogP contribution in [-0.4, -0.2) is 0 Å². The second-order valence-corrected chi connectivity index (χ2v) is 17.4. The van der Waals surface area contributed by atoms with Gasteiger partial charge in [0.1, 0.15) is 0 Å². The highest BCUT2D eigenvalue weighted by Crippen LogP contribution is 2.57. The van der Waals surface area contributed by atoms with E-state index in [0.29, 0.717) is 0 Å². The molecule has 2 aliphatic rings. The van der Waals surface area contributed by atoms with Gasteiger partial charge >= 0.3 is 0 Å². The van der Waals surface area contributed by atoms with Crippen molar-refractivity contribution in [1.29, 1.82) is 0 Å². The van der Waals surface area contributed by atoms with Crippen LogP contribution < -0.4 is 19.3 Å². The van der Waals surface area contributed by atoms with Crippen LogP contribution in [0.2, 0.25) is 0 Å². The van der Waals surface area contributed by atoms with Gasteiger partial charge < -0.3 is 19.3 Å². The monoisotopic (exact) mass is 776 g/mol. The van der Waals surface area contributed by atoms with Gasteiger partial charge in [0.05, 0.1) is 34.1 Å². The van der Waals surface area contributed by atoms with Crippen molar-refractivity contribution in [2.24, 2.45) is 0 Å². The third kappa shape index (κ3) is 4.12. The van der Waals surface area contributed by atoms with E-state index < -0.39 is 0 Å². The van der Waals surface area contributed by atoms with E-state index in [1.165, 1.54) is 72.7 Å². The van der Waals surface area contributed by atoms with Gasteiger partial charge in [-0.25, -0.2) is 0 Å². The molecule has 0 atom stereocenters. The zero-order valence-corrected chi connectivity index (χ0v) is 32.3. The maximum absolute atomic E-state index is 6.71. The van der Waals surface area contributed by atoms with Crippen LogP contribution in [0.5, 0.6) is 23.0 Å². The van der Waals surface area contributed by atoms with E-state index in [2.05, 4.69) is 180 Å². The number of thiophene rings is 2. The molecule has 2 aromatic heterocycles. The van der Waals surface area contributed by atoms with Crippen LogP contribution in [0.4, 0.5) is 34.1 Å². The molecule has 10 aromatic carbocycles. The molecule has 4 heterocycles. The summed E-state index contributed by atoms with van der Waals surface area (Å²) in [7, 11) is 0. The van der Waals surface area contributed by atoms with Gasteiger partial charge in [0, 0.05) is 51.1 Å². The molecule has 58 heavy (non-hydrogen) atoms. The molecule has 2 aliphatic heterocycles. The first kappa shape index (κ1) is 31.0. The Morgan fingerprint density at radius 2 is 0.724 bits per heavy atom. The third-order valence-corrected chi connectivity index (χ3v) is 14.4. The zero-order valence-electron chi connectivity index (χ0n) is 30.7. The summed E-state index contributed by atoms with van der Waals surface area (Å²) in [6, 6.07) is 61.6. The fourth-order valence-electron chi connectivity index (χ4n) is 9.63. The largest absolute Gasteiger partial charge is 0.453 e. The number of hydrogen-bond donors (Lipinski definition) is 0. The summed E-state index contributed by atoms with van der Waals surface area (Å²) in [6.45, 7) is 0. The van der Waals surface area contributed by atoms with Crippen LogP contribution >= 0.6 is 22.7 Å². The average Bonchev–Trinajstić information content (AvgIpc) is 3.82. The number of para-hydroxylation sites is 4. The van der Waals surface area contributed by atoms with Crippen LogP contribution in [0.1, 0.15) is 0 Å². The van der Waals surface area contributed by atoms with Crippen LogP contribution in [0, 0.1) is 0 Å². The minimum atomic E-state index is 0.847. The summed E-state index contributed by atoms with van der Waals surface area (Å²) in [4.78, 5) is 4.82. The molecule has 0 saturated carbocycles. The molecule has 0 saturated heterocycles. The fraction of sp³-hybridized carbons (Fsp3) is 0. The van der Waals surface area contributed by atoms with Gasteiger partial charge in [-0.2, -0.15) is 0 Å². The number of nitrogens with zero attached hydrogens (tertiary/aromatic N) is 2. The zero-order chi connectivity index (χ0) is 37.6. The first-order valence-corrected chi connectivity index (χ1v) is 21.1. The summed E-state index contributed by atoms with van der Waals surface area (Å²) in [5.74, 6) is 3.42. The topological polar surface area (TPSA) is 24.9 Å². The van der Waals surface area contributed by atoms with Crippen LogP contribution in [0.15, 0.2) is 170 Å². The molecule has 0 spiro atoms. The molecule has 270 valence electrons. The van der Waals surface area contributed by atoms with E-state index in [-0.39, 0.29) is 0 Å². The van der Waals surface area contributed by atoms with Crippen molar-refractivity contribution in [1.82, 2.24) is 0 Å². The lowest BCUT2D eigenvalue weighted by Crippen LogP contribution is -2.16. The van der Waals surface area contributed by atoms with Gasteiger partial charge in [0.25, 0.3) is 0 Å². The average molecular weight is 777 g/mol. The lowest BCUT2D eigenvalue weighted by molar-refractivity contribution is 0.477. The molecule has 0 amide bonds. The Balaban J connectivity index is 1.02. The van der Waals surface area contributed by atoms with E-state index in [1.54, 1.807) is 0 Å². The first-order chi connectivity index (χ1) is 28.7. The second kappa shape index (κ2) is 11.3.